The Kier molecular flexibility index (Phi) is 5.01. The van der Waals surface area contributed by atoms with E-state index in [1.807, 2.05) is 30.3 Å². The Labute approximate surface area is 161 Å². The Bertz CT molecular complexity index is 970. The van der Waals surface area contributed by atoms with Gasteiger partial charge in [0.05, 0.1) is 11.4 Å². The fourth-order valence-electron chi connectivity index (χ4n) is 3.09. The lowest BCUT2D eigenvalue weighted by molar-refractivity contribution is -0.118. The van der Waals surface area contributed by atoms with E-state index in [9.17, 15) is 9.59 Å². The lowest BCUT2D eigenvalue weighted by atomic mass is 10.2. The molecule has 8 heteroatoms. The number of hydrogen-bond acceptors (Lipinski definition) is 5. The van der Waals surface area contributed by atoms with Crippen LogP contribution in [0.1, 0.15) is 12.8 Å². The first-order valence-corrected chi connectivity index (χ1v) is 8.98. The molecule has 28 heavy (non-hydrogen) atoms. The molecule has 2 aromatic carbocycles. The summed E-state index contributed by atoms with van der Waals surface area (Å²) in [5.74, 6) is 0.417. The molecule has 1 N–H and O–H groups in total. The topological polar surface area (TPSA) is 89.4 Å². The van der Waals surface area contributed by atoms with Gasteiger partial charge in [-0.05, 0) is 42.8 Å². The van der Waals surface area contributed by atoms with Crippen molar-refractivity contribution in [2.45, 2.75) is 12.8 Å². The van der Waals surface area contributed by atoms with Crippen LogP contribution in [0.3, 0.4) is 0 Å². The number of aromatic nitrogens is 3. The molecule has 3 aromatic rings. The van der Waals surface area contributed by atoms with E-state index in [2.05, 4.69) is 15.4 Å². The maximum Gasteiger partial charge on any atom is 0.262 e. The zero-order valence-electron chi connectivity index (χ0n) is 15.1. The van der Waals surface area contributed by atoms with Gasteiger partial charge in [0.25, 0.3) is 5.91 Å². The van der Waals surface area contributed by atoms with E-state index < -0.39 is 0 Å². The van der Waals surface area contributed by atoms with Crippen LogP contribution in [0.5, 0.6) is 5.75 Å². The van der Waals surface area contributed by atoms with Gasteiger partial charge in [-0.15, -0.1) is 0 Å². The van der Waals surface area contributed by atoms with Gasteiger partial charge in [0.15, 0.2) is 6.61 Å². The van der Waals surface area contributed by atoms with Gasteiger partial charge >= 0.3 is 0 Å². The van der Waals surface area contributed by atoms with E-state index in [0.717, 1.165) is 18.7 Å². The summed E-state index contributed by atoms with van der Waals surface area (Å²) in [5.41, 5.74) is 2.18. The summed E-state index contributed by atoms with van der Waals surface area (Å²) in [6.45, 7) is 0.611. The van der Waals surface area contributed by atoms with Crippen LogP contribution >= 0.6 is 0 Å². The normalized spacial score (nSPS) is 13.6. The lowest BCUT2D eigenvalue weighted by Crippen LogP contribution is -2.23. The van der Waals surface area contributed by atoms with Gasteiger partial charge in [-0.3, -0.25) is 9.59 Å². The molecule has 1 aromatic heterocycles. The van der Waals surface area contributed by atoms with Crippen molar-refractivity contribution < 1.29 is 14.3 Å². The van der Waals surface area contributed by atoms with Crippen LogP contribution in [0.4, 0.5) is 11.4 Å². The lowest BCUT2D eigenvalue weighted by Gasteiger charge is -2.16. The van der Waals surface area contributed by atoms with Crippen LogP contribution in [0.2, 0.25) is 0 Å². The third-order valence-electron chi connectivity index (χ3n) is 4.44. The standard InChI is InChI=1S/C20H19N5O3/c26-19(23-17-4-1-2-5-18(17)25-14-21-13-22-25)12-28-16-9-7-15(8-10-16)24-11-3-6-20(24)27/h1-2,4-5,7-10,13-14H,3,6,11-12H2,(H,23,26). The van der Waals surface area contributed by atoms with Crippen molar-refractivity contribution in [2.75, 3.05) is 23.4 Å². The van der Waals surface area contributed by atoms with Crippen molar-refractivity contribution in [3.63, 3.8) is 0 Å². The number of ether oxygens (including phenoxy) is 1. The molecule has 0 spiro atoms. The van der Waals surface area contributed by atoms with E-state index in [1.165, 1.54) is 6.33 Å². The minimum absolute atomic E-state index is 0.131. The highest BCUT2D eigenvalue weighted by Gasteiger charge is 2.21. The molecule has 4 rings (SSSR count). The molecular weight excluding hydrogens is 358 g/mol. The monoisotopic (exact) mass is 377 g/mol. The average molecular weight is 377 g/mol. The SMILES string of the molecule is O=C(COc1ccc(N2CCCC2=O)cc1)Nc1ccccc1-n1cncn1. The summed E-state index contributed by atoms with van der Waals surface area (Å²) in [5, 5.41) is 6.91. The molecule has 1 aliphatic heterocycles. The van der Waals surface area contributed by atoms with Crippen molar-refractivity contribution >= 4 is 23.2 Å². The third-order valence-corrected chi connectivity index (χ3v) is 4.44. The number of para-hydroxylation sites is 2. The van der Waals surface area contributed by atoms with Crippen molar-refractivity contribution in [1.29, 1.82) is 0 Å². The van der Waals surface area contributed by atoms with E-state index in [-0.39, 0.29) is 18.4 Å². The smallest absolute Gasteiger partial charge is 0.262 e. The van der Waals surface area contributed by atoms with E-state index in [0.29, 0.717) is 23.5 Å². The Morgan fingerprint density at radius 3 is 2.68 bits per heavy atom. The van der Waals surface area contributed by atoms with Gasteiger partial charge in [-0.2, -0.15) is 5.10 Å². The van der Waals surface area contributed by atoms with Crippen molar-refractivity contribution in [3.05, 3.63) is 61.2 Å². The summed E-state index contributed by atoms with van der Waals surface area (Å²) in [4.78, 5) is 29.8. The molecule has 2 amide bonds. The number of anilines is 2. The molecule has 8 nitrogen and oxygen atoms in total. The van der Waals surface area contributed by atoms with E-state index in [4.69, 9.17) is 4.74 Å². The van der Waals surface area contributed by atoms with Crippen LogP contribution in [0.25, 0.3) is 5.69 Å². The highest BCUT2D eigenvalue weighted by Crippen LogP contribution is 2.24. The Balaban J connectivity index is 1.36. The van der Waals surface area contributed by atoms with Crippen LogP contribution in [-0.2, 0) is 9.59 Å². The maximum absolute atomic E-state index is 12.3. The Hall–Kier alpha value is -3.68. The van der Waals surface area contributed by atoms with Gasteiger partial charge in [0.2, 0.25) is 5.91 Å². The van der Waals surface area contributed by atoms with Gasteiger partial charge in [-0.25, -0.2) is 9.67 Å². The fraction of sp³-hybridized carbons (Fsp3) is 0.200. The molecule has 1 aliphatic rings. The second-order valence-corrected chi connectivity index (χ2v) is 6.34. The minimum atomic E-state index is -0.286. The van der Waals surface area contributed by atoms with Gasteiger partial charge in [0, 0.05) is 18.7 Å². The highest BCUT2D eigenvalue weighted by atomic mass is 16.5. The predicted molar refractivity (Wildman–Crippen MR) is 104 cm³/mol. The van der Waals surface area contributed by atoms with Crippen LogP contribution in [-0.4, -0.2) is 39.7 Å². The average Bonchev–Trinajstić information content (AvgIpc) is 3.39. The van der Waals surface area contributed by atoms with Gasteiger partial charge in [-0.1, -0.05) is 12.1 Å². The van der Waals surface area contributed by atoms with Gasteiger partial charge < -0.3 is 15.0 Å². The number of carbonyl (C=O) groups excluding carboxylic acids is 2. The summed E-state index contributed by atoms with van der Waals surface area (Å²) in [6, 6.07) is 14.5. The first kappa shape index (κ1) is 17.7. The van der Waals surface area contributed by atoms with Crippen molar-refractivity contribution in [3.8, 4) is 11.4 Å². The fourth-order valence-corrected chi connectivity index (χ4v) is 3.09. The number of rotatable bonds is 6. The predicted octanol–water partition coefficient (Wildman–Crippen LogP) is 2.41. The minimum Gasteiger partial charge on any atom is -0.484 e. The van der Waals surface area contributed by atoms with Crippen LogP contribution in [0.15, 0.2) is 61.2 Å². The third kappa shape index (κ3) is 3.85. The molecule has 0 unspecified atom stereocenters. The zero-order valence-corrected chi connectivity index (χ0v) is 15.1. The molecule has 0 bridgehead atoms. The Morgan fingerprint density at radius 1 is 1.14 bits per heavy atom. The largest absolute Gasteiger partial charge is 0.484 e. The second kappa shape index (κ2) is 7.91. The number of nitrogens with zero attached hydrogens (tertiary/aromatic N) is 4. The summed E-state index contributed by atoms with van der Waals surface area (Å²) in [7, 11) is 0. The molecule has 0 saturated carbocycles. The number of nitrogens with one attached hydrogen (secondary N) is 1. The van der Waals surface area contributed by atoms with Gasteiger partial charge in [0.1, 0.15) is 18.4 Å². The summed E-state index contributed by atoms with van der Waals surface area (Å²) in [6.07, 6.45) is 4.47. The first-order chi connectivity index (χ1) is 13.7. The highest BCUT2D eigenvalue weighted by molar-refractivity contribution is 5.95. The second-order valence-electron chi connectivity index (χ2n) is 6.34. The number of benzene rings is 2. The van der Waals surface area contributed by atoms with Crippen molar-refractivity contribution in [1.82, 2.24) is 14.8 Å². The number of hydrogen-bond donors (Lipinski definition) is 1. The van der Waals surface area contributed by atoms with Crippen LogP contribution in [0, 0.1) is 0 Å². The first-order valence-electron chi connectivity index (χ1n) is 8.98. The zero-order chi connectivity index (χ0) is 19.3. The molecular formula is C20H19N5O3. The molecule has 0 radical (unpaired) electrons. The molecule has 0 aliphatic carbocycles. The molecule has 1 saturated heterocycles. The van der Waals surface area contributed by atoms with Crippen molar-refractivity contribution in [2.24, 2.45) is 0 Å². The molecule has 0 atom stereocenters. The molecule has 142 valence electrons. The quantitative estimate of drug-likeness (QED) is 0.713. The maximum atomic E-state index is 12.3. The van der Waals surface area contributed by atoms with E-state index in [1.54, 1.807) is 34.1 Å². The summed E-state index contributed by atoms with van der Waals surface area (Å²) >= 11 is 0. The van der Waals surface area contributed by atoms with Crippen LogP contribution < -0.4 is 15.0 Å². The summed E-state index contributed by atoms with van der Waals surface area (Å²) < 4.78 is 7.14. The van der Waals surface area contributed by atoms with E-state index >= 15 is 0 Å². The number of amides is 2. The Morgan fingerprint density at radius 2 is 1.96 bits per heavy atom. The molecule has 2 heterocycles. The molecule has 1 fully saturated rings. The number of carbonyl (C=O) groups is 2.